The predicted molar refractivity (Wildman–Crippen MR) is 67.3 cm³/mol. The van der Waals surface area contributed by atoms with Crippen molar-refractivity contribution in [2.45, 2.75) is 17.9 Å². The average Bonchev–Trinajstić information content (AvgIpc) is 2.31. The highest BCUT2D eigenvalue weighted by Gasteiger charge is 2.28. The Morgan fingerprint density at radius 1 is 1.56 bits per heavy atom. The molecule has 0 bridgehead atoms. The summed E-state index contributed by atoms with van der Waals surface area (Å²) in [6, 6.07) is 1.19. The molecule has 1 aromatic rings. The largest absolute Gasteiger partial charge is 0.396 e. The van der Waals surface area contributed by atoms with Crippen LogP contribution < -0.4 is 5.73 Å². The van der Waals surface area contributed by atoms with E-state index in [0.29, 0.717) is 0 Å². The van der Waals surface area contributed by atoms with Crippen LogP contribution in [0.3, 0.4) is 0 Å². The number of nitrogens with zero attached hydrogens (tertiary/aromatic N) is 1. The predicted octanol–water partition coefficient (Wildman–Crippen LogP) is 1.06. The minimum absolute atomic E-state index is 0.251. The van der Waals surface area contributed by atoms with Gasteiger partial charge < -0.3 is 10.8 Å². The topological polar surface area (TPSA) is 83.6 Å². The molecule has 0 aliphatic heterocycles. The van der Waals surface area contributed by atoms with Crippen LogP contribution in [0, 0.1) is 5.82 Å². The standard InChI is InChI=1S/C10H14ClFN2O3S/c1-6(5-15)14(2)18(16,17)10-4-9(13)8(12)3-7(10)11/h3-4,6,15H,5,13H2,1-2H3. The Morgan fingerprint density at radius 2 is 2.11 bits per heavy atom. The van der Waals surface area contributed by atoms with Gasteiger partial charge in [-0.2, -0.15) is 4.31 Å². The number of hydrogen-bond acceptors (Lipinski definition) is 4. The van der Waals surface area contributed by atoms with Gasteiger partial charge in [0, 0.05) is 13.1 Å². The van der Waals surface area contributed by atoms with E-state index in [1.54, 1.807) is 0 Å². The van der Waals surface area contributed by atoms with Crippen LogP contribution in [0.25, 0.3) is 0 Å². The summed E-state index contributed by atoms with van der Waals surface area (Å²) in [6.07, 6.45) is 0. The Hall–Kier alpha value is -0.890. The van der Waals surface area contributed by atoms with Crippen molar-refractivity contribution >= 4 is 27.3 Å². The van der Waals surface area contributed by atoms with E-state index in [1.807, 2.05) is 0 Å². The first-order chi connectivity index (χ1) is 8.21. The molecule has 1 atom stereocenters. The highest BCUT2D eigenvalue weighted by atomic mass is 35.5. The van der Waals surface area contributed by atoms with Crippen LogP contribution in [0.15, 0.2) is 17.0 Å². The van der Waals surface area contributed by atoms with Crippen LogP contribution >= 0.6 is 11.6 Å². The molecule has 102 valence electrons. The third-order valence-electron chi connectivity index (χ3n) is 2.59. The Bertz CT molecular complexity index is 550. The van der Waals surface area contributed by atoms with Crippen LogP contribution in [0.1, 0.15) is 6.92 Å². The Kier molecular flexibility index (Phi) is 4.55. The van der Waals surface area contributed by atoms with E-state index in [9.17, 15) is 12.8 Å². The van der Waals surface area contributed by atoms with E-state index >= 15 is 0 Å². The lowest BCUT2D eigenvalue weighted by Gasteiger charge is -2.23. The van der Waals surface area contributed by atoms with Crippen LogP contribution in [0.5, 0.6) is 0 Å². The summed E-state index contributed by atoms with van der Waals surface area (Å²) in [5, 5.41) is 8.71. The first kappa shape index (κ1) is 15.2. The number of nitrogens with two attached hydrogens (primary N) is 1. The number of sulfonamides is 1. The minimum atomic E-state index is -3.93. The molecule has 0 saturated carbocycles. The van der Waals surface area contributed by atoms with Crippen molar-refractivity contribution in [3.05, 3.63) is 23.0 Å². The van der Waals surface area contributed by atoms with Gasteiger partial charge in [0.2, 0.25) is 10.0 Å². The maximum Gasteiger partial charge on any atom is 0.244 e. The van der Waals surface area contributed by atoms with Crippen LogP contribution in [0.4, 0.5) is 10.1 Å². The van der Waals surface area contributed by atoms with Gasteiger partial charge in [0.1, 0.15) is 10.7 Å². The fraction of sp³-hybridized carbons (Fsp3) is 0.400. The van der Waals surface area contributed by atoms with Gasteiger partial charge in [-0.1, -0.05) is 11.6 Å². The van der Waals surface area contributed by atoms with Crippen LogP contribution in [-0.4, -0.2) is 37.5 Å². The number of likely N-dealkylation sites (N-methyl/N-ethyl adjacent to an activating group) is 1. The number of aliphatic hydroxyl groups is 1. The number of hydrogen-bond donors (Lipinski definition) is 2. The Morgan fingerprint density at radius 3 is 2.61 bits per heavy atom. The van der Waals surface area contributed by atoms with E-state index in [-0.39, 0.29) is 22.2 Å². The van der Waals surface area contributed by atoms with E-state index < -0.39 is 21.9 Å². The van der Waals surface area contributed by atoms with Gasteiger partial charge in [0.25, 0.3) is 0 Å². The van der Waals surface area contributed by atoms with Gasteiger partial charge in [-0.15, -0.1) is 0 Å². The third-order valence-corrected chi connectivity index (χ3v) is 5.03. The minimum Gasteiger partial charge on any atom is -0.396 e. The molecule has 0 radical (unpaired) electrons. The molecule has 1 unspecified atom stereocenters. The van der Waals surface area contributed by atoms with E-state index in [2.05, 4.69) is 0 Å². The molecule has 0 heterocycles. The highest BCUT2D eigenvalue weighted by molar-refractivity contribution is 7.89. The smallest absolute Gasteiger partial charge is 0.244 e. The zero-order chi connectivity index (χ0) is 14.1. The molecule has 0 amide bonds. The van der Waals surface area contributed by atoms with Crippen molar-refractivity contribution in [1.82, 2.24) is 4.31 Å². The van der Waals surface area contributed by atoms with Gasteiger partial charge in [0.05, 0.1) is 17.3 Å². The summed E-state index contributed by atoms with van der Waals surface area (Å²) in [4.78, 5) is -0.286. The number of aliphatic hydroxyl groups excluding tert-OH is 1. The molecule has 8 heteroatoms. The molecule has 0 fully saturated rings. The van der Waals surface area contributed by atoms with Gasteiger partial charge in [-0.25, -0.2) is 12.8 Å². The Balaban J connectivity index is 3.33. The molecule has 0 aromatic heterocycles. The second-order valence-corrected chi connectivity index (χ2v) is 6.23. The van der Waals surface area contributed by atoms with E-state index in [0.717, 1.165) is 16.4 Å². The molecular weight excluding hydrogens is 283 g/mol. The lowest BCUT2D eigenvalue weighted by molar-refractivity contribution is 0.214. The number of halogens is 2. The molecule has 0 saturated heterocycles. The normalized spacial score (nSPS) is 13.9. The molecular formula is C10H14ClFN2O3S. The summed E-state index contributed by atoms with van der Waals surface area (Å²) in [5.41, 5.74) is 5.03. The van der Waals surface area contributed by atoms with Crippen LogP contribution in [0.2, 0.25) is 5.02 Å². The van der Waals surface area contributed by atoms with Crippen LogP contribution in [-0.2, 0) is 10.0 Å². The van der Waals surface area contributed by atoms with E-state index in [4.69, 9.17) is 22.4 Å². The summed E-state index contributed by atoms with van der Waals surface area (Å²) >= 11 is 5.71. The quantitative estimate of drug-likeness (QED) is 0.814. The lowest BCUT2D eigenvalue weighted by Crippen LogP contribution is -2.37. The highest BCUT2D eigenvalue weighted by Crippen LogP contribution is 2.28. The zero-order valence-electron chi connectivity index (χ0n) is 9.89. The van der Waals surface area contributed by atoms with Crippen molar-refractivity contribution in [3.8, 4) is 0 Å². The fourth-order valence-corrected chi connectivity index (χ4v) is 3.12. The maximum absolute atomic E-state index is 13.1. The molecule has 1 aromatic carbocycles. The molecule has 0 aliphatic rings. The molecule has 3 N–H and O–H groups in total. The van der Waals surface area contributed by atoms with Crippen molar-refractivity contribution in [3.63, 3.8) is 0 Å². The molecule has 1 rings (SSSR count). The third kappa shape index (κ3) is 2.74. The average molecular weight is 297 g/mol. The van der Waals surface area contributed by atoms with Crippen molar-refractivity contribution in [2.75, 3.05) is 19.4 Å². The summed E-state index contributed by atoms with van der Waals surface area (Å²) in [7, 11) is -2.63. The number of benzene rings is 1. The van der Waals surface area contributed by atoms with Gasteiger partial charge in [0.15, 0.2) is 0 Å². The molecule has 18 heavy (non-hydrogen) atoms. The van der Waals surface area contributed by atoms with Crippen molar-refractivity contribution in [2.24, 2.45) is 0 Å². The van der Waals surface area contributed by atoms with Gasteiger partial charge in [-0.3, -0.25) is 0 Å². The number of anilines is 1. The molecule has 0 aliphatic carbocycles. The lowest BCUT2D eigenvalue weighted by atomic mass is 10.3. The molecule has 0 spiro atoms. The van der Waals surface area contributed by atoms with E-state index in [1.165, 1.54) is 14.0 Å². The first-order valence-electron chi connectivity index (χ1n) is 5.05. The second-order valence-electron chi connectivity index (χ2n) is 3.86. The summed E-state index contributed by atoms with van der Waals surface area (Å²) in [6.45, 7) is 1.18. The molecule has 5 nitrogen and oxygen atoms in total. The van der Waals surface area contributed by atoms with Crippen molar-refractivity contribution in [1.29, 1.82) is 0 Å². The second kappa shape index (κ2) is 5.40. The Labute approximate surface area is 110 Å². The fourth-order valence-electron chi connectivity index (χ4n) is 1.25. The summed E-state index contributed by atoms with van der Waals surface area (Å²) in [5.74, 6) is -0.781. The van der Waals surface area contributed by atoms with Crippen molar-refractivity contribution < 1.29 is 17.9 Å². The number of rotatable bonds is 4. The monoisotopic (exact) mass is 296 g/mol. The van der Waals surface area contributed by atoms with Gasteiger partial charge in [-0.05, 0) is 19.1 Å². The maximum atomic E-state index is 13.1. The zero-order valence-corrected chi connectivity index (χ0v) is 11.5. The first-order valence-corrected chi connectivity index (χ1v) is 6.87. The van der Waals surface area contributed by atoms with Gasteiger partial charge >= 0.3 is 0 Å². The summed E-state index contributed by atoms with van der Waals surface area (Å²) < 4.78 is 38.4. The number of nitrogen functional groups attached to an aromatic ring is 1. The SMILES string of the molecule is CC(CO)N(C)S(=O)(=O)c1cc(N)c(F)cc1Cl.